The second-order valence-corrected chi connectivity index (χ2v) is 4.18. The molecule has 19 heavy (non-hydrogen) atoms. The van der Waals surface area contributed by atoms with E-state index in [1.165, 1.54) is 0 Å². The third-order valence-electron chi connectivity index (χ3n) is 2.73. The van der Waals surface area contributed by atoms with Crippen molar-refractivity contribution in [2.24, 2.45) is 17.8 Å². The molecule has 0 fully saturated rings. The quantitative estimate of drug-likeness (QED) is 0.339. The summed E-state index contributed by atoms with van der Waals surface area (Å²) >= 11 is 0. The lowest BCUT2D eigenvalue weighted by Crippen LogP contribution is -2.32. The Labute approximate surface area is 131 Å². The van der Waals surface area contributed by atoms with Crippen molar-refractivity contribution in [2.75, 3.05) is 13.7 Å². The summed E-state index contributed by atoms with van der Waals surface area (Å²) in [6, 6.07) is 0. The van der Waals surface area contributed by atoms with Gasteiger partial charge in [0.15, 0.2) is 5.96 Å². The lowest BCUT2D eigenvalue weighted by Gasteiger charge is -2.05. The number of methoxy groups -OCH3 is 1. The van der Waals surface area contributed by atoms with Crippen LogP contribution in [-0.4, -0.2) is 29.4 Å². The maximum atomic E-state index is 5.78. The molecule has 1 aromatic rings. The second kappa shape index (κ2) is 9.00. The molecule has 0 aliphatic rings. The van der Waals surface area contributed by atoms with Gasteiger partial charge >= 0.3 is 0 Å². The molecule has 0 bridgehead atoms. The van der Waals surface area contributed by atoms with Gasteiger partial charge in [0.1, 0.15) is 0 Å². The van der Waals surface area contributed by atoms with Crippen molar-refractivity contribution >= 4 is 29.9 Å². The number of aromatic nitrogens is 2. The SMILES string of the molecule is CCCCNC(N)=NCc1c(C)nn(C)c1OC.I. The van der Waals surface area contributed by atoms with Crippen molar-refractivity contribution in [1.29, 1.82) is 0 Å². The fourth-order valence-corrected chi connectivity index (χ4v) is 1.73. The number of aryl methyl sites for hydroxylation is 2. The molecule has 0 saturated heterocycles. The largest absolute Gasteiger partial charge is 0.481 e. The molecule has 1 aromatic heterocycles. The number of rotatable bonds is 6. The number of hydrogen-bond donors (Lipinski definition) is 2. The Morgan fingerprint density at radius 3 is 2.79 bits per heavy atom. The molecule has 0 unspecified atom stereocenters. The summed E-state index contributed by atoms with van der Waals surface area (Å²) in [6.07, 6.45) is 2.22. The summed E-state index contributed by atoms with van der Waals surface area (Å²) in [7, 11) is 3.48. The first-order valence-electron chi connectivity index (χ1n) is 6.20. The molecular weight excluding hydrogens is 357 g/mol. The minimum Gasteiger partial charge on any atom is -0.481 e. The minimum atomic E-state index is 0. The predicted octanol–water partition coefficient (Wildman–Crippen LogP) is 1.56. The van der Waals surface area contributed by atoms with Gasteiger partial charge in [-0.3, -0.25) is 0 Å². The first-order chi connectivity index (χ1) is 8.60. The third-order valence-corrected chi connectivity index (χ3v) is 2.73. The lowest BCUT2D eigenvalue weighted by atomic mass is 10.2. The number of nitrogens with zero attached hydrogens (tertiary/aromatic N) is 3. The van der Waals surface area contributed by atoms with E-state index >= 15 is 0 Å². The van der Waals surface area contributed by atoms with Crippen molar-refractivity contribution in [3.05, 3.63) is 11.3 Å². The average Bonchev–Trinajstić information content (AvgIpc) is 2.61. The van der Waals surface area contributed by atoms with E-state index in [0.717, 1.165) is 36.5 Å². The number of hydrogen-bond acceptors (Lipinski definition) is 3. The van der Waals surface area contributed by atoms with Crippen molar-refractivity contribution in [1.82, 2.24) is 15.1 Å². The van der Waals surface area contributed by atoms with Gasteiger partial charge < -0.3 is 15.8 Å². The number of unbranched alkanes of at least 4 members (excludes halogenated alkanes) is 1. The molecule has 0 radical (unpaired) electrons. The molecule has 0 spiro atoms. The van der Waals surface area contributed by atoms with E-state index in [9.17, 15) is 0 Å². The summed E-state index contributed by atoms with van der Waals surface area (Å²) in [6.45, 7) is 5.41. The molecule has 110 valence electrons. The third kappa shape index (κ3) is 5.25. The fraction of sp³-hybridized carbons (Fsp3) is 0.667. The lowest BCUT2D eigenvalue weighted by molar-refractivity contribution is 0.369. The van der Waals surface area contributed by atoms with Crippen LogP contribution in [0, 0.1) is 6.92 Å². The maximum absolute atomic E-state index is 5.78. The van der Waals surface area contributed by atoms with Crippen molar-refractivity contribution in [3.63, 3.8) is 0 Å². The normalized spacial score (nSPS) is 11.1. The number of halogens is 1. The molecule has 0 atom stereocenters. The van der Waals surface area contributed by atoms with Gasteiger partial charge in [0.25, 0.3) is 0 Å². The standard InChI is InChI=1S/C12H23N5O.HI/c1-5-6-7-14-12(13)15-8-10-9(2)16-17(3)11(10)18-4;/h5-8H2,1-4H3,(H3,13,14,15);1H. The van der Waals surface area contributed by atoms with E-state index in [1.807, 2.05) is 14.0 Å². The summed E-state index contributed by atoms with van der Waals surface area (Å²) in [5, 5.41) is 7.37. The number of ether oxygens (including phenoxy) is 1. The average molecular weight is 381 g/mol. The number of aliphatic imine (C=N–C) groups is 1. The van der Waals surface area contributed by atoms with E-state index in [2.05, 4.69) is 22.3 Å². The van der Waals surface area contributed by atoms with Gasteiger partial charge in [-0.1, -0.05) is 13.3 Å². The minimum absolute atomic E-state index is 0. The van der Waals surface area contributed by atoms with Crippen LogP contribution >= 0.6 is 24.0 Å². The molecule has 3 N–H and O–H groups in total. The molecule has 0 aliphatic heterocycles. The van der Waals surface area contributed by atoms with Gasteiger partial charge in [-0.15, -0.1) is 24.0 Å². The van der Waals surface area contributed by atoms with Crippen LogP contribution in [0.4, 0.5) is 0 Å². The highest BCUT2D eigenvalue weighted by Crippen LogP contribution is 2.21. The second-order valence-electron chi connectivity index (χ2n) is 4.18. The maximum Gasteiger partial charge on any atom is 0.216 e. The molecule has 1 heterocycles. The highest BCUT2D eigenvalue weighted by molar-refractivity contribution is 14.0. The van der Waals surface area contributed by atoms with Gasteiger partial charge in [-0.2, -0.15) is 5.10 Å². The molecule has 7 heteroatoms. The smallest absolute Gasteiger partial charge is 0.216 e. The Hall–Kier alpha value is -0.990. The monoisotopic (exact) mass is 381 g/mol. The topological polar surface area (TPSA) is 77.5 Å². The van der Waals surface area contributed by atoms with Gasteiger partial charge in [0, 0.05) is 13.6 Å². The Balaban J connectivity index is 0.00000324. The number of nitrogens with one attached hydrogen (secondary N) is 1. The zero-order chi connectivity index (χ0) is 13.5. The van der Waals surface area contributed by atoms with E-state index in [0.29, 0.717) is 12.5 Å². The summed E-state index contributed by atoms with van der Waals surface area (Å²) < 4.78 is 7.01. The van der Waals surface area contributed by atoms with Gasteiger partial charge in [0.2, 0.25) is 5.88 Å². The molecule has 6 nitrogen and oxygen atoms in total. The van der Waals surface area contributed by atoms with Crippen LogP contribution in [0.3, 0.4) is 0 Å². The number of nitrogens with two attached hydrogens (primary N) is 1. The van der Waals surface area contributed by atoms with Crippen LogP contribution in [0.1, 0.15) is 31.0 Å². The molecule has 0 amide bonds. The Morgan fingerprint density at radius 1 is 1.53 bits per heavy atom. The molecule has 0 aliphatic carbocycles. The zero-order valence-electron chi connectivity index (χ0n) is 12.1. The summed E-state index contributed by atoms with van der Waals surface area (Å²) in [5.74, 6) is 1.20. The van der Waals surface area contributed by atoms with Crippen molar-refractivity contribution in [2.45, 2.75) is 33.2 Å². The van der Waals surface area contributed by atoms with Crippen molar-refractivity contribution < 1.29 is 4.74 Å². The van der Waals surface area contributed by atoms with Gasteiger partial charge in [-0.25, -0.2) is 9.67 Å². The van der Waals surface area contributed by atoms with Gasteiger partial charge in [-0.05, 0) is 13.3 Å². The number of guanidine groups is 1. The Morgan fingerprint density at radius 2 is 2.21 bits per heavy atom. The Kier molecular flexibility index (Phi) is 8.53. The van der Waals surface area contributed by atoms with Crippen LogP contribution in [0.5, 0.6) is 5.88 Å². The first-order valence-corrected chi connectivity index (χ1v) is 6.20. The summed E-state index contributed by atoms with van der Waals surface area (Å²) in [5.41, 5.74) is 7.67. The van der Waals surface area contributed by atoms with E-state index in [-0.39, 0.29) is 24.0 Å². The Bertz CT molecular complexity index is 416. The van der Waals surface area contributed by atoms with Crippen LogP contribution in [0.2, 0.25) is 0 Å². The highest BCUT2D eigenvalue weighted by atomic mass is 127. The fourth-order valence-electron chi connectivity index (χ4n) is 1.73. The molecule has 0 saturated carbocycles. The molecular formula is C12H24IN5O. The van der Waals surface area contributed by atoms with Crippen LogP contribution in [0.25, 0.3) is 0 Å². The zero-order valence-corrected chi connectivity index (χ0v) is 14.4. The van der Waals surface area contributed by atoms with Crippen LogP contribution in [0.15, 0.2) is 4.99 Å². The highest BCUT2D eigenvalue weighted by Gasteiger charge is 2.12. The summed E-state index contributed by atoms with van der Waals surface area (Å²) in [4.78, 5) is 4.30. The van der Waals surface area contributed by atoms with Crippen LogP contribution in [-0.2, 0) is 13.6 Å². The van der Waals surface area contributed by atoms with E-state index in [1.54, 1.807) is 11.8 Å². The molecule has 1 rings (SSSR count). The van der Waals surface area contributed by atoms with Crippen molar-refractivity contribution in [3.8, 4) is 5.88 Å². The van der Waals surface area contributed by atoms with Crippen LogP contribution < -0.4 is 15.8 Å². The van der Waals surface area contributed by atoms with E-state index < -0.39 is 0 Å². The van der Waals surface area contributed by atoms with Gasteiger partial charge in [0.05, 0.1) is 24.9 Å². The predicted molar refractivity (Wildman–Crippen MR) is 88.1 cm³/mol. The molecule has 0 aromatic carbocycles. The van der Waals surface area contributed by atoms with E-state index in [4.69, 9.17) is 10.5 Å². The first kappa shape index (κ1) is 18.0.